The van der Waals surface area contributed by atoms with Crippen LogP contribution in [0.1, 0.15) is 55.4 Å². The first-order valence-corrected chi connectivity index (χ1v) is 9.36. The van der Waals surface area contributed by atoms with Gasteiger partial charge >= 0.3 is 0 Å². The van der Waals surface area contributed by atoms with Crippen molar-refractivity contribution in [2.24, 2.45) is 7.05 Å². The lowest BCUT2D eigenvalue weighted by Crippen LogP contribution is -2.35. The second-order valence-corrected chi connectivity index (χ2v) is 7.62. The number of rotatable bonds is 6. The van der Waals surface area contributed by atoms with Gasteiger partial charge in [-0.1, -0.05) is 0 Å². The Morgan fingerprint density at radius 1 is 1.20 bits per heavy atom. The van der Waals surface area contributed by atoms with Crippen molar-refractivity contribution in [3.05, 3.63) is 41.7 Å². The maximum absolute atomic E-state index is 4.44. The topological polar surface area (TPSA) is 50.1 Å². The summed E-state index contributed by atoms with van der Waals surface area (Å²) < 4.78 is 2.21. The fourth-order valence-electron chi connectivity index (χ4n) is 3.89. The molecular formula is C19H28N6. The molecule has 25 heavy (non-hydrogen) atoms. The second kappa shape index (κ2) is 6.84. The standard InChI is InChI=1S/C19H28N6/c1-14(15-6-9-20-10-7-15)25-11-8-17(12-25)23(2)13-18-21-22-19(24(18)3)16-4-5-16/h6-7,9-10,14,16-17H,4-5,8,11-13H2,1-3H3/t14-,17-/m1/s1. The zero-order valence-electron chi connectivity index (χ0n) is 15.5. The van der Waals surface area contributed by atoms with Crippen molar-refractivity contribution in [3.63, 3.8) is 0 Å². The van der Waals surface area contributed by atoms with Crippen molar-refractivity contribution < 1.29 is 0 Å². The van der Waals surface area contributed by atoms with E-state index in [9.17, 15) is 0 Å². The van der Waals surface area contributed by atoms with Crippen LogP contribution in [0.3, 0.4) is 0 Å². The van der Waals surface area contributed by atoms with Gasteiger partial charge in [0.15, 0.2) is 0 Å². The average molecular weight is 340 g/mol. The van der Waals surface area contributed by atoms with Gasteiger partial charge in [-0.15, -0.1) is 10.2 Å². The first kappa shape index (κ1) is 16.7. The quantitative estimate of drug-likeness (QED) is 0.808. The third-order valence-corrected chi connectivity index (χ3v) is 5.89. The summed E-state index contributed by atoms with van der Waals surface area (Å²) >= 11 is 0. The fourth-order valence-corrected chi connectivity index (χ4v) is 3.89. The normalized spacial score (nSPS) is 22.6. The van der Waals surface area contributed by atoms with E-state index in [1.165, 1.54) is 30.7 Å². The molecule has 1 aliphatic heterocycles. The van der Waals surface area contributed by atoms with E-state index in [1.54, 1.807) is 0 Å². The highest BCUT2D eigenvalue weighted by Gasteiger charge is 2.32. The minimum Gasteiger partial charge on any atom is -0.317 e. The summed E-state index contributed by atoms with van der Waals surface area (Å²) in [6, 6.07) is 5.27. The Balaban J connectivity index is 1.36. The highest BCUT2D eigenvalue weighted by molar-refractivity contribution is 5.15. The highest BCUT2D eigenvalue weighted by atomic mass is 15.3. The van der Waals surface area contributed by atoms with Crippen molar-refractivity contribution in [1.29, 1.82) is 0 Å². The van der Waals surface area contributed by atoms with E-state index in [2.05, 4.69) is 62.7 Å². The summed E-state index contributed by atoms with van der Waals surface area (Å²) in [5, 5.41) is 8.85. The Hall–Kier alpha value is -1.79. The molecule has 1 saturated carbocycles. The molecule has 0 spiro atoms. The SMILES string of the molecule is C[C@H](c1ccncc1)N1CC[C@@H](N(C)Cc2nnc(C3CC3)n2C)C1. The maximum Gasteiger partial charge on any atom is 0.146 e. The predicted octanol–water partition coefficient (Wildman–Crippen LogP) is 2.35. The number of likely N-dealkylation sites (N-methyl/N-ethyl adjacent to an activating group) is 1. The van der Waals surface area contributed by atoms with Crippen molar-refractivity contribution in [2.45, 2.75) is 50.7 Å². The van der Waals surface area contributed by atoms with E-state index in [4.69, 9.17) is 0 Å². The molecule has 2 aromatic rings. The maximum atomic E-state index is 4.44. The second-order valence-electron chi connectivity index (χ2n) is 7.62. The largest absolute Gasteiger partial charge is 0.317 e. The Morgan fingerprint density at radius 2 is 1.96 bits per heavy atom. The van der Waals surface area contributed by atoms with Crippen LogP contribution in [0.25, 0.3) is 0 Å². The van der Waals surface area contributed by atoms with Gasteiger partial charge in [-0.2, -0.15) is 0 Å². The molecule has 6 nitrogen and oxygen atoms in total. The Bertz CT molecular complexity index is 708. The number of likely N-dealkylation sites (tertiary alicyclic amines) is 1. The Morgan fingerprint density at radius 3 is 2.68 bits per heavy atom. The lowest BCUT2D eigenvalue weighted by atomic mass is 10.1. The van der Waals surface area contributed by atoms with E-state index >= 15 is 0 Å². The summed E-state index contributed by atoms with van der Waals surface area (Å²) in [5.74, 6) is 2.91. The molecule has 0 aromatic carbocycles. The third kappa shape index (κ3) is 3.46. The molecule has 2 atom stereocenters. The first-order chi connectivity index (χ1) is 12.1. The van der Waals surface area contributed by atoms with Crippen molar-refractivity contribution in [1.82, 2.24) is 29.5 Å². The van der Waals surface area contributed by atoms with Crippen LogP contribution in [0.15, 0.2) is 24.5 Å². The summed E-state index contributed by atoms with van der Waals surface area (Å²) in [4.78, 5) is 9.15. The van der Waals surface area contributed by atoms with E-state index in [-0.39, 0.29) is 0 Å². The van der Waals surface area contributed by atoms with Crippen molar-refractivity contribution in [2.75, 3.05) is 20.1 Å². The van der Waals surface area contributed by atoms with Crippen molar-refractivity contribution >= 4 is 0 Å². The number of hydrogen-bond acceptors (Lipinski definition) is 5. The van der Waals surface area contributed by atoms with E-state index in [0.717, 1.165) is 25.5 Å². The molecule has 0 bridgehead atoms. The minimum atomic E-state index is 0.442. The van der Waals surface area contributed by atoms with Crippen LogP contribution in [-0.4, -0.2) is 55.7 Å². The summed E-state index contributed by atoms with van der Waals surface area (Å²) in [6.45, 7) is 5.42. The van der Waals surface area contributed by atoms with Gasteiger partial charge in [-0.3, -0.25) is 14.8 Å². The van der Waals surface area contributed by atoms with Crippen molar-refractivity contribution in [3.8, 4) is 0 Å². The van der Waals surface area contributed by atoms with Gasteiger partial charge in [-0.05, 0) is 50.9 Å². The smallest absolute Gasteiger partial charge is 0.146 e. The van der Waals surface area contributed by atoms with Crippen LogP contribution in [0.4, 0.5) is 0 Å². The van der Waals surface area contributed by atoms with Crippen LogP contribution in [0, 0.1) is 0 Å². The van der Waals surface area contributed by atoms with Gasteiger partial charge in [0.25, 0.3) is 0 Å². The predicted molar refractivity (Wildman–Crippen MR) is 97.1 cm³/mol. The molecule has 1 saturated heterocycles. The van der Waals surface area contributed by atoms with Crippen LogP contribution >= 0.6 is 0 Å². The van der Waals surface area contributed by atoms with E-state index in [1.807, 2.05) is 12.4 Å². The third-order valence-electron chi connectivity index (χ3n) is 5.89. The van der Waals surface area contributed by atoms with Gasteiger partial charge in [0.2, 0.25) is 0 Å². The van der Waals surface area contributed by atoms with Crippen LogP contribution in [0.5, 0.6) is 0 Å². The number of aromatic nitrogens is 4. The zero-order chi connectivity index (χ0) is 17.4. The van der Waals surface area contributed by atoms with Gasteiger partial charge < -0.3 is 4.57 Å². The molecule has 0 N–H and O–H groups in total. The molecule has 4 rings (SSSR count). The molecule has 2 aromatic heterocycles. The monoisotopic (exact) mass is 340 g/mol. The molecule has 0 unspecified atom stereocenters. The molecular weight excluding hydrogens is 312 g/mol. The summed E-state index contributed by atoms with van der Waals surface area (Å²) in [5.41, 5.74) is 1.35. The Kier molecular flexibility index (Phi) is 4.56. The highest BCUT2D eigenvalue weighted by Crippen LogP contribution is 2.38. The Labute approximate surface area is 149 Å². The molecule has 6 heteroatoms. The molecule has 3 heterocycles. The van der Waals surface area contributed by atoms with Gasteiger partial charge in [0.05, 0.1) is 6.54 Å². The van der Waals surface area contributed by atoms with E-state index in [0.29, 0.717) is 18.0 Å². The zero-order valence-corrected chi connectivity index (χ0v) is 15.5. The van der Waals surface area contributed by atoms with E-state index < -0.39 is 0 Å². The molecule has 0 radical (unpaired) electrons. The minimum absolute atomic E-state index is 0.442. The number of nitrogens with zero attached hydrogens (tertiary/aromatic N) is 6. The molecule has 2 fully saturated rings. The summed E-state index contributed by atoms with van der Waals surface area (Å²) in [6.07, 6.45) is 7.52. The van der Waals surface area contributed by atoms with Gasteiger partial charge in [0.1, 0.15) is 11.6 Å². The molecule has 1 aliphatic carbocycles. The number of pyridine rings is 1. The summed E-state index contributed by atoms with van der Waals surface area (Å²) in [7, 11) is 4.33. The van der Waals surface area contributed by atoms with Crippen LogP contribution in [0.2, 0.25) is 0 Å². The average Bonchev–Trinajstić information content (AvgIpc) is 3.24. The van der Waals surface area contributed by atoms with Gasteiger partial charge in [-0.25, -0.2) is 0 Å². The van der Waals surface area contributed by atoms with Crippen LogP contribution in [-0.2, 0) is 13.6 Å². The first-order valence-electron chi connectivity index (χ1n) is 9.36. The lowest BCUT2D eigenvalue weighted by Gasteiger charge is -2.27. The lowest BCUT2D eigenvalue weighted by molar-refractivity contribution is 0.199. The molecule has 0 amide bonds. The molecule has 2 aliphatic rings. The molecule has 134 valence electrons. The number of hydrogen-bond donors (Lipinski definition) is 0. The van der Waals surface area contributed by atoms with Crippen LogP contribution < -0.4 is 0 Å². The van der Waals surface area contributed by atoms with Gasteiger partial charge in [0, 0.05) is 50.5 Å². The fraction of sp³-hybridized carbons (Fsp3) is 0.632.